The Morgan fingerprint density at radius 1 is 1.50 bits per heavy atom. The molecule has 7 heteroatoms. The van der Waals surface area contributed by atoms with Crippen LogP contribution in [0.4, 0.5) is 13.2 Å². The van der Waals surface area contributed by atoms with Crippen LogP contribution in [0.2, 0.25) is 0 Å². The summed E-state index contributed by atoms with van der Waals surface area (Å²) >= 11 is 0. The lowest BCUT2D eigenvalue weighted by molar-refractivity contribution is -0.323. The number of halogens is 3. The van der Waals surface area contributed by atoms with E-state index in [4.69, 9.17) is 5.73 Å². The van der Waals surface area contributed by atoms with E-state index in [9.17, 15) is 13.2 Å². The quantitative estimate of drug-likeness (QED) is 0.406. The Bertz CT molecular complexity index is 213. The van der Waals surface area contributed by atoms with Crippen molar-refractivity contribution in [1.82, 2.24) is 5.32 Å². The molecular weight excluding hydrogens is 199 g/mol. The molecule has 0 amide bonds. The maximum atomic E-state index is 11.5. The molecule has 14 heavy (non-hydrogen) atoms. The van der Waals surface area contributed by atoms with Crippen LogP contribution in [0, 0.1) is 0 Å². The molecule has 1 fully saturated rings. The van der Waals surface area contributed by atoms with Crippen LogP contribution >= 0.6 is 0 Å². The van der Waals surface area contributed by atoms with Crippen LogP contribution in [-0.4, -0.2) is 31.5 Å². The van der Waals surface area contributed by atoms with Gasteiger partial charge in [0.05, 0.1) is 13.2 Å². The zero-order valence-corrected chi connectivity index (χ0v) is 7.47. The number of guanidine groups is 1. The minimum absolute atomic E-state index is 0.0922. The lowest BCUT2D eigenvalue weighted by atomic mass is 10.6. The van der Waals surface area contributed by atoms with Crippen LogP contribution in [-0.2, 0) is 4.74 Å². The molecule has 0 aliphatic heterocycles. The van der Waals surface area contributed by atoms with E-state index in [1.807, 2.05) is 0 Å². The molecule has 0 aromatic heterocycles. The minimum atomic E-state index is -4.59. The summed E-state index contributed by atoms with van der Waals surface area (Å²) in [6.07, 6.45) is -2.52. The largest absolute Gasteiger partial charge is 0.522 e. The molecule has 0 aromatic carbocycles. The van der Waals surface area contributed by atoms with Gasteiger partial charge in [0.1, 0.15) is 0 Å². The molecule has 0 aromatic rings. The molecule has 0 radical (unpaired) electrons. The van der Waals surface area contributed by atoms with Crippen LogP contribution in [0.3, 0.4) is 0 Å². The van der Waals surface area contributed by atoms with E-state index in [0.717, 1.165) is 12.8 Å². The Kier molecular flexibility index (Phi) is 3.56. The number of ether oxygens (including phenoxy) is 1. The fraction of sp³-hybridized carbons (Fsp3) is 0.857. The van der Waals surface area contributed by atoms with Crippen molar-refractivity contribution in [2.24, 2.45) is 10.7 Å². The maximum Gasteiger partial charge on any atom is 0.522 e. The number of alkyl halides is 3. The highest BCUT2D eigenvalue weighted by atomic mass is 19.4. The molecule has 1 saturated carbocycles. The van der Waals surface area contributed by atoms with E-state index >= 15 is 0 Å². The van der Waals surface area contributed by atoms with Crippen molar-refractivity contribution < 1.29 is 17.9 Å². The van der Waals surface area contributed by atoms with Crippen molar-refractivity contribution in [3.05, 3.63) is 0 Å². The van der Waals surface area contributed by atoms with Gasteiger partial charge in [-0.15, -0.1) is 13.2 Å². The fourth-order valence-corrected chi connectivity index (χ4v) is 0.810. The second-order valence-electron chi connectivity index (χ2n) is 2.98. The molecule has 1 rings (SSSR count). The number of rotatable bonds is 4. The third-order valence-corrected chi connectivity index (χ3v) is 1.57. The second kappa shape index (κ2) is 4.50. The topological polar surface area (TPSA) is 59.6 Å². The van der Waals surface area contributed by atoms with Gasteiger partial charge in [0.25, 0.3) is 0 Å². The summed E-state index contributed by atoms with van der Waals surface area (Å²) in [5.41, 5.74) is 5.37. The van der Waals surface area contributed by atoms with Crippen molar-refractivity contribution in [1.29, 1.82) is 0 Å². The molecule has 0 atom stereocenters. The number of nitrogens with two attached hydrogens (primary N) is 1. The second-order valence-corrected chi connectivity index (χ2v) is 2.98. The zero-order chi connectivity index (χ0) is 10.6. The lowest BCUT2D eigenvalue weighted by Gasteiger charge is -2.06. The Morgan fingerprint density at radius 3 is 2.64 bits per heavy atom. The van der Waals surface area contributed by atoms with Crippen molar-refractivity contribution >= 4 is 5.96 Å². The van der Waals surface area contributed by atoms with E-state index < -0.39 is 13.0 Å². The van der Waals surface area contributed by atoms with Crippen LogP contribution in [0.15, 0.2) is 4.99 Å². The monoisotopic (exact) mass is 211 g/mol. The maximum absolute atomic E-state index is 11.5. The number of nitrogens with one attached hydrogen (secondary N) is 1. The third-order valence-electron chi connectivity index (χ3n) is 1.57. The highest BCUT2D eigenvalue weighted by Crippen LogP contribution is 2.18. The Balaban J connectivity index is 2.06. The smallest absolute Gasteiger partial charge is 0.370 e. The van der Waals surface area contributed by atoms with Gasteiger partial charge >= 0.3 is 6.36 Å². The fourth-order valence-electron chi connectivity index (χ4n) is 0.810. The van der Waals surface area contributed by atoms with Crippen molar-refractivity contribution in [3.63, 3.8) is 0 Å². The first kappa shape index (κ1) is 11.1. The number of hydrogen-bond acceptors (Lipinski definition) is 2. The molecule has 0 bridgehead atoms. The standard InChI is InChI=1S/C7H12F3N3O/c8-7(9,10)14-4-3-12-6(11)13-5-1-2-5/h5H,1-4H2,(H3,11,12,13). The van der Waals surface area contributed by atoms with Gasteiger partial charge < -0.3 is 11.1 Å². The predicted octanol–water partition coefficient (Wildman–Crippen LogP) is 0.589. The molecule has 0 saturated heterocycles. The van der Waals surface area contributed by atoms with Gasteiger partial charge in [-0.05, 0) is 12.8 Å². The van der Waals surface area contributed by atoms with E-state index in [0.29, 0.717) is 6.04 Å². The van der Waals surface area contributed by atoms with Gasteiger partial charge in [0.2, 0.25) is 0 Å². The molecule has 0 heterocycles. The Labute approximate surface area is 79.3 Å². The van der Waals surface area contributed by atoms with Gasteiger partial charge in [-0.1, -0.05) is 0 Å². The average molecular weight is 211 g/mol. The molecule has 4 nitrogen and oxygen atoms in total. The SMILES string of the molecule is NC(=NCCOC(F)(F)F)NC1CC1. The van der Waals surface area contributed by atoms with Gasteiger partial charge in [-0.2, -0.15) is 0 Å². The van der Waals surface area contributed by atoms with Crippen molar-refractivity contribution in [3.8, 4) is 0 Å². The highest BCUT2D eigenvalue weighted by Gasteiger charge is 2.28. The number of aliphatic imine (C=N–C) groups is 1. The summed E-state index contributed by atoms with van der Waals surface area (Å²) in [6.45, 7) is -0.596. The first-order valence-electron chi connectivity index (χ1n) is 4.24. The molecule has 0 spiro atoms. The molecule has 82 valence electrons. The normalized spacial score (nSPS) is 18.4. The van der Waals surface area contributed by atoms with Crippen LogP contribution in [0.5, 0.6) is 0 Å². The van der Waals surface area contributed by atoms with Gasteiger partial charge in [-0.25, -0.2) is 0 Å². The van der Waals surface area contributed by atoms with Gasteiger partial charge in [0.15, 0.2) is 5.96 Å². The summed E-state index contributed by atoms with van der Waals surface area (Å²) in [5.74, 6) is 0.179. The Hall–Kier alpha value is -0.980. The first-order valence-corrected chi connectivity index (χ1v) is 4.24. The first-order chi connectivity index (χ1) is 6.47. The Morgan fingerprint density at radius 2 is 2.14 bits per heavy atom. The van der Waals surface area contributed by atoms with Gasteiger partial charge in [-0.3, -0.25) is 9.73 Å². The van der Waals surface area contributed by atoms with E-state index in [2.05, 4.69) is 15.0 Å². The summed E-state index contributed by atoms with van der Waals surface area (Å²) in [4.78, 5) is 3.67. The van der Waals surface area contributed by atoms with E-state index in [1.54, 1.807) is 0 Å². The molecule has 0 unspecified atom stereocenters. The summed E-state index contributed by atoms with van der Waals surface area (Å²) in [5, 5.41) is 2.84. The average Bonchev–Trinajstić information content (AvgIpc) is 2.80. The number of hydrogen-bond donors (Lipinski definition) is 2. The molecule has 3 N–H and O–H groups in total. The zero-order valence-electron chi connectivity index (χ0n) is 7.47. The lowest BCUT2D eigenvalue weighted by Crippen LogP contribution is -2.33. The predicted molar refractivity (Wildman–Crippen MR) is 44.7 cm³/mol. The number of nitrogens with zero attached hydrogens (tertiary/aromatic N) is 1. The van der Waals surface area contributed by atoms with Crippen LogP contribution < -0.4 is 11.1 Å². The summed E-state index contributed by atoms with van der Waals surface area (Å²) < 4.78 is 38.0. The minimum Gasteiger partial charge on any atom is -0.370 e. The van der Waals surface area contributed by atoms with Crippen LogP contribution in [0.25, 0.3) is 0 Å². The van der Waals surface area contributed by atoms with E-state index in [1.165, 1.54) is 0 Å². The van der Waals surface area contributed by atoms with Crippen LogP contribution in [0.1, 0.15) is 12.8 Å². The third kappa shape index (κ3) is 5.63. The van der Waals surface area contributed by atoms with E-state index in [-0.39, 0.29) is 12.5 Å². The summed E-state index contributed by atoms with van der Waals surface area (Å²) in [7, 11) is 0. The summed E-state index contributed by atoms with van der Waals surface area (Å²) in [6, 6.07) is 0.349. The molecular formula is C7H12F3N3O. The highest BCUT2D eigenvalue weighted by molar-refractivity contribution is 5.78. The van der Waals surface area contributed by atoms with Crippen molar-refractivity contribution in [2.45, 2.75) is 25.2 Å². The van der Waals surface area contributed by atoms with Gasteiger partial charge in [0, 0.05) is 6.04 Å². The molecule has 1 aliphatic rings. The molecule has 1 aliphatic carbocycles. The van der Waals surface area contributed by atoms with Crippen molar-refractivity contribution in [2.75, 3.05) is 13.2 Å².